The maximum absolute atomic E-state index is 12.7. The van der Waals surface area contributed by atoms with E-state index >= 15 is 0 Å². The zero-order valence-corrected chi connectivity index (χ0v) is 23.2. The predicted molar refractivity (Wildman–Crippen MR) is 164 cm³/mol. The van der Waals surface area contributed by atoms with Crippen molar-refractivity contribution in [2.45, 2.75) is 23.9 Å². The van der Waals surface area contributed by atoms with Crippen molar-refractivity contribution in [2.75, 3.05) is 10.6 Å². The number of fused-ring (bicyclic) bond motifs is 1. The summed E-state index contributed by atoms with van der Waals surface area (Å²) in [4.78, 5) is 29.7. The van der Waals surface area contributed by atoms with Crippen LogP contribution in [0.25, 0.3) is 16.3 Å². The molecule has 0 fully saturated rings. The normalized spacial score (nSPS) is 11.1. The maximum atomic E-state index is 12.7. The van der Waals surface area contributed by atoms with Crippen LogP contribution in [0.15, 0.2) is 101 Å². The molecule has 7 heteroatoms. The van der Waals surface area contributed by atoms with Gasteiger partial charge in [0.05, 0.1) is 10.2 Å². The largest absolute Gasteiger partial charge is 0.322 e. The van der Waals surface area contributed by atoms with Gasteiger partial charge in [0.1, 0.15) is 0 Å². The number of nitrogens with one attached hydrogen (secondary N) is 2. The molecule has 1 aromatic heterocycles. The lowest BCUT2D eigenvalue weighted by Crippen LogP contribution is -2.12. The summed E-state index contributed by atoms with van der Waals surface area (Å²) in [5.41, 5.74) is 7.38. The van der Waals surface area contributed by atoms with Gasteiger partial charge in [0.2, 0.25) is 5.91 Å². The highest BCUT2D eigenvalue weighted by molar-refractivity contribution is 8.00. The highest BCUT2D eigenvalue weighted by atomic mass is 32.2. The number of carbonyl (C=O) groups is 2. The fourth-order valence-electron chi connectivity index (χ4n) is 4.11. The Morgan fingerprint density at radius 1 is 0.846 bits per heavy atom. The third-order valence-corrected chi connectivity index (χ3v) is 8.15. The predicted octanol–water partition coefficient (Wildman–Crippen LogP) is 8.11. The fraction of sp³-hybridized carbons (Fsp3) is 0.0938. The molecule has 0 saturated carbocycles. The van der Waals surface area contributed by atoms with E-state index in [1.165, 1.54) is 6.08 Å². The van der Waals surface area contributed by atoms with Crippen LogP contribution in [0, 0.1) is 13.8 Å². The van der Waals surface area contributed by atoms with Gasteiger partial charge in [-0.15, -0.1) is 11.3 Å². The Hall–Kier alpha value is -4.20. The topological polar surface area (TPSA) is 71.1 Å². The number of hydrogen-bond donors (Lipinski definition) is 2. The number of thiazole rings is 1. The van der Waals surface area contributed by atoms with Crippen LogP contribution in [-0.2, 0) is 10.5 Å². The Kier molecular flexibility index (Phi) is 8.20. The molecular weight excluding hydrogens is 523 g/mol. The summed E-state index contributed by atoms with van der Waals surface area (Å²) in [5.74, 6) is 0.444. The minimum atomic E-state index is -0.177. The second-order valence-electron chi connectivity index (χ2n) is 9.21. The molecule has 39 heavy (non-hydrogen) atoms. The van der Waals surface area contributed by atoms with E-state index in [0.717, 1.165) is 53.9 Å². The molecule has 0 atom stereocenters. The number of benzene rings is 4. The van der Waals surface area contributed by atoms with E-state index in [4.69, 9.17) is 4.98 Å². The summed E-state index contributed by atoms with van der Waals surface area (Å²) in [5, 5.41) is 5.90. The van der Waals surface area contributed by atoms with Crippen molar-refractivity contribution in [1.82, 2.24) is 4.98 Å². The lowest BCUT2D eigenvalue weighted by Gasteiger charge is -2.08. The summed E-state index contributed by atoms with van der Waals surface area (Å²) in [6, 6.07) is 29.1. The van der Waals surface area contributed by atoms with Crippen LogP contribution >= 0.6 is 23.1 Å². The molecule has 0 aliphatic carbocycles. The summed E-state index contributed by atoms with van der Waals surface area (Å²) >= 11 is 3.25. The minimum absolute atomic E-state index is 0.121. The molecule has 2 amide bonds. The van der Waals surface area contributed by atoms with Gasteiger partial charge in [0.15, 0.2) is 4.34 Å². The first-order valence-corrected chi connectivity index (χ1v) is 14.3. The molecule has 0 unspecified atom stereocenters. The third kappa shape index (κ3) is 7.22. The molecule has 194 valence electrons. The van der Waals surface area contributed by atoms with Crippen LogP contribution in [0.2, 0.25) is 0 Å². The number of rotatable bonds is 8. The second-order valence-corrected chi connectivity index (χ2v) is 11.5. The van der Waals surface area contributed by atoms with Crippen molar-refractivity contribution < 1.29 is 9.59 Å². The van der Waals surface area contributed by atoms with Gasteiger partial charge < -0.3 is 10.6 Å². The van der Waals surface area contributed by atoms with Crippen LogP contribution in [0.4, 0.5) is 11.4 Å². The molecule has 1 heterocycles. The number of nitrogens with zero attached hydrogens (tertiary/aromatic N) is 1. The molecule has 4 aromatic carbocycles. The van der Waals surface area contributed by atoms with Crippen molar-refractivity contribution in [2.24, 2.45) is 0 Å². The maximum Gasteiger partial charge on any atom is 0.255 e. The first-order chi connectivity index (χ1) is 18.9. The highest BCUT2D eigenvalue weighted by Gasteiger charge is 2.09. The van der Waals surface area contributed by atoms with Crippen molar-refractivity contribution >= 4 is 62.6 Å². The number of hydrogen-bond acceptors (Lipinski definition) is 5. The molecule has 0 aliphatic rings. The van der Waals surface area contributed by atoms with Gasteiger partial charge in [-0.25, -0.2) is 4.98 Å². The van der Waals surface area contributed by atoms with E-state index < -0.39 is 0 Å². The number of carbonyl (C=O) groups excluding carboxylic acids is 2. The molecule has 2 N–H and O–H groups in total. The van der Waals surface area contributed by atoms with Crippen molar-refractivity contribution in [3.05, 3.63) is 125 Å². The third-order valence-electron chi connectivity index (χ3n) is 5.92. The Balaban J connectivity index is 1.17. The van der Waals surface area contributed by atoms with Gasteiger partial charge in [0, 0.05) is 28.8 Å². The Morgan fingerprint density at radius 3 is 2.33 bits per heavy atom. The van der Waals surface area contributed by atoms with Gasteiger partial charge in [0.25, 0.3) is 5.91 Å². The zero-order valence-electron chi connectivity index (χ0n) is 21.6. The summed E-state index contributed by atoms with van der Waals surface area (Å²) in [6.07, 6.45) is 3.32. The van der Waals surface area contributed by atoms with Gasteiger partial charge in [-0.2, -0.15) is 0 Å². The van der Waals surface area contributed by atoms with Gasteiger partial charge in [-0.3, -0.25) is 9.59 Å². The molecule has 0 radical (unpaired) electrons. The van der Waals surface area contributed by atoms with Gasteiger partial charge in [-0.1, -0.05) is 60.3 Å². The average molecular weight is 550 g/mol. The number of aryl methyl sites for hydroxylation is 2. The Bertz CT molecular complexity index is 1640. The first kappa shape index (κ1) is 26.4. The lowest BCUT2D eigenvalue weighted by atomic mass is 10.1. The Labute approximate surface area is 236 Å². The van der Waals surface area contributed by atoms with E-state index in [-0.39, 0.29) is 11.8 Å². The standard InChI is InChI=1S/C32H27N3O2S2/c1-21-16-22(2)18-27(17-21)34-31(37)25-11-8-24(9-12-25)20-38-32-35-28-14-13-26(19-29(28)39-32)33-30(36)15-10-23-6-4-3-5-7-23/h3-19H,20H2,1-2H3,(H,33,36)(H,34,37)/b15-10+. The smallest absolute Gasteiger partial charge is 0.255 e. The second kappa shape index (κ2) is 12.1. The fourth-order valence-corrected chi connectivity index (χ4v) is 6.17. The summed E-state index contributed by atoms with van der Waals surface area (Å²) < 4.78 is 1.97. The van der Waals surface area contributed by atoms with Crippen molar-refractivity contribution in [1.29, 1.82) is 0 Å². The monoisotopic (exact) mass is 549 g/mol. The summed E-state index contributed by atoms with van der Waals surface area (Å²) in [6.45, 7) is 4.03. The SMILES string of the molecule is Cc1cc(C)cc(NC(=O)c2ccc(CSc3nc4ccc(NC(=O)/C=C/c5ccccc5)cc4s3)cc2)c1. The van der Waals surface area contributed by atoms with Crippen LogP contribution in [0.1, 0.15) is 32.6 Å². The Morgan fingerprint density at radius 2 is 1.59 bits per heavy atom. The number of amides is 2. The van der Waals surface area contributed by atoms with E-state index in [2.05, 4.69) is 16.7 Å². The van der Waals surface area contributed by atoms with Crippen molar-refractivity contribution in [3.8, 4) is 0 Å². The van der Waals surface area contributed by atoms with E-state index in [1.807, 2.05) is 98.8 Å². The van der Waals surface area contributed by atoms with Gasteiger partial charge in [-0.05, 0) is 84.6 Å². The quantitative estimate of drug-likeness (QED) is 0.151. The van der Waals surface area contributed by atoms with Crippen molar-refractivity contribution in [3.63, 3.8) is 0 Å². The van der Waals surface area contributed by atoms with E-state index in [1.54, 1.807) is 29.2 Å². The highest BCUT2D eigenvalue weighted by Crippen LogP contribution is 2.33. The number of anilines is 2. The van der Waals surface area contributed by atoms with E-state index in [9.17, 15) is 9.59 Å². The molecular formula is C32H27N3O2S2. The molecule has 0 saturated heterocycles. The van der Waals surface area contributed by atoms with Crippen LogP contribution in [-0.4, -0.2) is 16.8 Å². The summed E-state index contributed by atoms with van der Waals surface area (Å²) in [7, 11) is 0. The molecule has 0 spiro atoms. The van der Waals surface area contributed by atoms with Gasteiger partial charge >= 0.3 is 0 Å². The van der Waals surface area contributed by atoms with E-state index in [0.29, 0.717) is 5.56 Å². The minimum Gasteiger partial charge on any atom is -0.322 e. The molecule has 5 rings (SSSR count). The van der Waals surface area contributed by atoms with Crippen LogP contribution < -0.4 is 10.6 Å². The molecule has 5 aromatic rings. The first-order valence-electron chi connectivity index (χ1n) is 12.5. The average Bonchev–Trinajstić information content (AvgIpc) is 3.33. The van der Waals surface area contributed by atoms with Crippen LogP contribution in [0.5, 0.6) is 0 Å². The lowest BCUT2D eigenvalue weighted by molar-refractivity contribution is -0.111. The molecule has 5 nitrogen and oxygen atoms in total. The molecule has 0 aliphatic heterocycles. The molecule has 0 bridgehead atoms. The van der Waals surface area contributed by atoms with Crippen LogP contribution in [0.3, 0.4) is 0 Å². The number of aromatic nitrogens is 1. The zero-order chi connectivity index (χ0) is 27.2. The number of thioether (sulfide) groups is 1.